The van der Waals surface area contributed by atoms with Crippen LogP contribution in [0.1, 0.15) is 86.7 Å². The van der Waals surface area contributed by atoms with Crippen LogP contribution >= 0.6 is 0 Å². The van der Waals surface area contributed by atoms with Crippen molar-refractivity contribution in [2.45, 2.75) is 89.6 Å². The molecule has 196 valence electrons. The van der Waals surface area contributed by atoms with Crippen LogP contribution in [-0.2, 0) is 11.3 Å². The summed E-state index contributed by atoms with van der Waals surface area (Å²) in [6.45, 7) is 7.71. The first kappa shape index (κ1) is 25.5. The van der Waals surface area contributed by atoms with Crippen LogP contribution in [0.15, 0.2) is 60.7 Å². The maximum Gasteiger partial charge on any atom is 0.407 e. The maximum atomic E-state index is 12.7. The van der Waals surface area contributed by atoms with Crippen LogP contribution in [0.3, 0.4) is 0 Å². The number of benzene rings is 2. The van der Waals surface area contributed by atoms with Gasteiger partial charge in [-0.15, -0.1) is 10.2 Å². The average Bonchev–Trinajstić information content (AvgIpc) is 3.41. The van der Waals surface area contributed by atoms with Crippen LogP contribution in [-0.4, -0.2) is 44.4 Å². The Labute approximate surface area is 220 Å². The highest BCUT2D eigenvalue weighted by molar-refractivity contribution is 5.68. The standard InChI is InChI=1S/C30H39N5O2/c1-21(2)29-33-32-22(3)35(29)27-18-25-14-15-26(19-27)34(25)17-16-28(24-12-8-5-9-13-24)31-30(36)37-20-23-10-6-4-7-11-23/h4-13,21,25-28H,14-20H2,1-3H3,(H,31,36). The van der Waals surface area contributed by atoms with E-state index in [2.05, 4.69) is 57.9 Å². The van der Waals surface area contributed by atoms with Gasteiger partial charge in [-0.25, -0.2) is 4.79 Å². The van der Waals surface area contributed by atoms with Gasteiger partial charge in [0.1, 0.15) is 18.3 Å². The molecule has 2 aromatic carbocycles. The van der Waals surface area contributed by atoms with E-state index in [0.29, 0.717) is 24.0 Å². The van der Waals surface area contributed by atoms with Gasteiger partial charge in [-0.1, -0.05) is 74.5 Å². The summed E-state index contributed by atoms with van der Waals surface area (Å²) in [5.74, 6) is 2.51. The number of aryl methyl sites for hydroxylation is 1. The third-order valence-electron chi connectivity index (χ3n) is 8.02. The molecule has 1 amide bonds. The molecule has 7 nitrogen and oxygen atoms in total. The molecule has 1 N–H and O–H groups in total. The molecule has 3 atom stereocenters. The van der Waals surface area contributed by atoms with E-state index in [4.69, 9.17) is 4.74 Å². The average molecular weight is 502 g/mol. The predicted molar refractivity (Wildman–Crippen MR) is 144 cm³/mol. The normalized spacial score (nSPS) is 22.2. The van der Waals surface area contributed by atoms with E-state index in [1.54, 1.807) is 0 Å². The van der Waals surface area contributed by atoms with Crippen LogP contribution < -0.4 is 5.32 Å². The van der Waals surface area contributed by atoms with Crippen LogP contribution in [0.5, 0.6) is 0 Å². The third-order valence-corrected chi connectivity index (χ3v) is 8.02. The number of hydrogen-bond donors (Lipinski definition) is 1. The van der Waals surface area contributed by atoms with Gasteiger partial charge in [-0.3, -0.25) is 4.90 Å². The fraction of sp³-hybridized carbons (Fsp3) is 0.500. The van der Waals surface area contributed by atoms with Crippen molar-refractivity contribution in [2.75, 3.05) is 6.54 Å². The lowest BCUT2D eigenvalue weighted by molar-refractivity contribution is 0.0976. The second-order valence-electron chi connectivity index (χ2n) is 10.8. The number of nitrogens with zero attached hydrogens (tertiary/aromatic N) is 4. The van der Waals surface area contributed by atoms with Crippen molar-refractivity contribution in [2.24, 2.45) is 0 Å². The van der Waals surface area contributed by atoms with E-state index >= 15 is 0 Å². The molecular formula is C30H39N5O2. The number of carbonyl (C=O) groups is 1. The summed E-state index contributed by atoms with van der Waals surface area (Å²) < 4.78 is 7.95. The molecule has 1 aromatic heterocycles. The Hall–Kier alpha value is -3.19. The molecule has 7 heteroatoms. The van der Waals surface area contributed by atoms with Crippen molar-refractivity contribution in [3.8, 4) is 0 Å². The Bertz CT molecular complexity index is 1150. The number of nitrogens with one attached hydrogen (secondary N) is 1. The summed E-state index contributed by atoms with van der Waals surface area (Å²) in [4.78, 5) is 15.4. The van der Waals surface area contributed by atoms with Gasteiger partial charge in [-0.2, -0.15) is 0 Å². The molecule has 0 spiro atoms. The van der Waals surface area contributed by atoms with Crippen LogP contribution in [0, 0.1) is 6.92 Å². The molecule has 0 radical (unpaired) electrons. The molecule has 3 aromatic rings. The zero-order valence-corrected chi connectivity index (χ0v) is 22.2. The largest absolute Gasteiger partial charge is 0.445 e. The topological polar surface area (TPSA) is 72.3 Å². The zero-order valence-electron chi connectivity index (χ0n) is 22.2. The monoisotopic (exact) mass is 501 g/mol. The Kier molecular flexibility index (Phi) is 7.89. The number of piperidine rings is 1. The molecule has 5 rings (SSSR count). The summed E-state index contributed by atoms with van der Waals surface area (Å²) in [6.07, 6.45) is 5.23. The number of hydrogen-bond acceptors (Lipinski definition) is 5. The summed E-state index contributed by atoms with van der Waals surface area (Å²) in [5, 5.41) is 12.0. The molecule has 2 fully saturated rings. The molecule has 37 heavy (non-hydrogen) atoms. The van der Waals surface area contributed by atoms with Gasteiger partial charge in [0.25, 0.3) is 0 Å². The summed E-state index contributed by atoms with van der Waals surface area (Å²) >= 11 is 0. The van der Waals surface area contributed by atoms with Crippen molar-refractivity contribution < 1.29 is 9.53 Å². The van der Waals surface area contributed by atoms with Crippen LogP contribution in [0.25, 0.3) is 0 Å². The third kappa shape index (κ3) is 5.87. The Morgan fingerprint density at radius 2 is 1.62 bits per heavy atom. The summed E-state index contributed by atoms with van der Waals surface area (Å²) in [5.41, 5.74) is 2.10. The Morgan fingerprint density at radius 3 is 2.27 bits per heavy atom. The van der Waals surface area contributed by atoms with E-state index in [-0.39, 0.29) is 18.7 Å². The van der Waals surface area contributed by atoms with Crippen LogP contribution in [0.4, 0.5) is 4.79 Å². The molecule has 2 bridgehead atoms. The quantitative estimate of drug-likeness (QED) is 0.393. The molecular weight excluding hydrogens is 462 g/mol. The minimum Gasteiger partial charge on any atom is -0.445 e. The number of amides is 1. The highest BCUT2D eigenvalue weighted by atomic mass is 16.5. The lowest BCUT2D eigenvalue weighted by Gasteiger charge is -2.40. The Balaban J connectivity index is 1.22. The van der Waals surface area contributed by atoms with Crippen molar-refractivity contribution >= 4 is 6.09 Å². The SMILES string of the molecule is Cc1nnc(C(C)C)n1C1CC2CCC(C1)N2CCC(NC(=O)OCc1ccccc1)c1ccccc1. The first-order valence-corrected chi connectivity index (χ1v) is 13.7. The molecule has 2 aliphatic heterocycles. The van der Waals surface area contributed by atoms with Crippen molar-refractivity contribution in [1.29, 1.82) is 0 Å². The van der Waals surface area contributed by atoms with Gasteiger partial charge < -0.3 is 14.6 Å². The van der Waals surface area contributed by atoms with Gasteiger partial charge in [0.15, 0.2) is 0 Å². The van der Waals surface area contributed by atoms with E-state index in [1.165, 1.54) is 12.8 Å². The zero-order chi connectivity index (χ0) is 25.8. The number of alkyl carbamates (subject to hydrolysis) is 1. The summed E-state index contributed by atoms with van der Waals surface area (Å²) in [6, 6.07) is 21.6. The minimum atomic E-state index is -0.372. The van der Waals surface area contributed by atoms with Gasteiger partial charge >= 0.3 is 6.09 Å². The van der Waals surface area contributed by atoms with E-state index in [9.17, 15) is 4.79 Å². The van der Waals surface area contributed by atoms with Gasteiger partial charge in [0, 0.05) is 30.6 Å². The van der Waals surface area contributed by atoms with Crippen molar-refractivity contribution in [1.82, 2.24) is 25.0 Å². The lowest BCUT2D eigenvalue weighted by atomic mass is 9.95. The fourth-order valence-corrected chi connectivity index (χ4v) is 6.24. The highest BCUT2D eigenvalue weighted by Crippen LogP contribution is 2.42. The summed E-state index contributed by atoms with van der Waals surface area (Å²) in [7, 11) is 0. The second-order valence-corrected chi connectivity index (χ2v) is 10.8. The molecule has 2 saturated heterocycles. The van der Waals surface area contributed by atoms with E-state index in [0.717, 1.165) is 48.6 Å². The van der Waals surface area contributed by atoms with Crippen molar-refractivity contribution in [3.63, 3.8) is 0 Å². The first-order chi connectivity index (χ1) is 18.0. The van der Waals surface area contributed by atoms with E-state index < -0.39 is 0 Å². The Morgan fingerprint density at radius 1 is 0.973 bits per heavy atom. The smallest absolute Gasteiger partial charge is 0.407 e. The predicted octanol–water partition coefficient (Wildman–Crippen LogP) is 5.94. The van der Waals surface area contributed by atoms with Crippen molar-refractivity contribution in [3.05, 3.63) is 83.4 Å². The van der Waals surface area contributed by atoms with Crippen LogP contribution in [0.2, 0.25) is 0 Å². The number of carbonyl (C=O) groups excluding carboxylic acids is 1. The molecule has 2 aliphatic rings. The number of rotatable bonds is 9. The minimum absolute atomic E-state index is 0.0887. The van der Waals surface area contributed by atoms with Gasteiger partial charge in [0.05, 0.1) is 6.04 Å². The molecule has 0 aliphatic carbocycles. The first-order valence-electron chi connectivity index (χ1n) is 13.7. The maximum absolute atomic E-state index is 12.7. The van der Waals surface area contributed by atoms with E-state index in [1.807, 2.05) is 48.5 Å². The molecule has 3 unspecified atom stereocenters. The van der Waals surface area contributed by atoms with Gasteiger partial charge in [0.2, 0.25) is 0 Å². The number of ether oxygens (including phenoxy) is 1. The molecule has 0 saturated carbocycles. The number of aromatic nitrogens is 3. The highest BCUT2D eigenvalue weighted by Gasteiger charge is 2.42. The second kappa shape index (κ2) is 11.5. The fourth-order valence-electron chi connectivity index (χ4n) is 6.24. The molecule has 3 heterocycles. The van der Waals surface area contributed by atoms with Gasteiger partial charge in [-0.05, 0) is 50.2 Å². The number of fused-ring (bicyclic) bond motifs is 2. The lowest BCUT2D eigenvalue weighted by Crippen LogP contribution is -2.45.